The van der Waals surface area contributed by atoms with E-state index in [1.807, 2.05) is 19.9 Å². The van der Waals surface area contributed by atoms with Crippen LogP contribution in [0.1, 0.15) is 20.3 Å². The van der Waals surface area contributed by atoms with Gasteiger partial charge in [-0.05, 0) is 6.92 Å². The summed E-state index contributed by atoms with van der Waals surface area (Å²) in [6, 6.07) is 2.05. The summed E-state index contributed by atoms with van der Waals surface area (Å²) in [6.45, 7) is 4.11. The van der Waals surface area contributed by atoms with Crippen LogP contribution < -0.4 is 5.32 Å². The summed E-state index contributed by atoms with van der Waals surface area (Å²) in [5.41, 5.74) is 0.529. The summed E-state index contributed by atoms with van der Waals surface area (Å²) >= 11 is 0. The highest BCUT2D eigenvalue weighted by atomic mass is 16.5. The first kappa shape index (κ1) is 9.59. The smallest absolute Gasteiger partial charge is 0.227 e. The topological polar surface area (TPSA) is 62.1 Å². The lowest BCUT2D eigenvalue weighted by molar-refractivity contribution is -0.122. The maximum Gasteiger partial charge on any atom is 0.227 e. The van der Waals surface area contributed by atoms with E-state index in [4.69, 9.17) is 10.00 Å². The average Bonchev–Trinajstić information content (AvgIpc) is 2.04. The Morgan fingerprint density at radius 2 is 2.46 bits per heavy atom. The molecule has 4 nitrogen and oxygen atoms in total. The van der Waals surface area contributed by atoms with Gasteiger partial charge in [0.2, 0.25) is 11.8 Å². The largest absolute Gasteiger partial charge is 0.478 e. The molecule has 1 unspecified atom stereocenters. The molecule has 13 heavy (non-hydrogen) atoms. The van der Waals surface area contributed by atoms with Gasteiger partial charge in [-0.25, -0.2) is 0 Å². The third kappa shape index (κ3) is 2.00. The fourth-order valence-electron chi connectivity index (χ4n) is 1.27. The summed E-state index contributed by atoms with van der Waals surface area (Å²) in [5, 5.41) is 11.4. The van der Waals surface area contributed by atoms with Gasteiger partial charge in [-0.3, -0.25) is 10.1 Å². The van der Waals surface area contributed by atoms with E-state index < -0.39 is 0 Å². The van der Waals surface area contributed by atoms with Gasteiger partial charge in [0.15, 0.2) is 0 Å². The molecule has 0 saturated heterocycles. The molecule has 4 heteroatoms. The molecule has 1 amide bonds. The number of ether oxygens (including phenoxy) is 1. The molecule has 0 bridgehead atoms. The Bertz CT molecular complexity index is 288. The van der Waals surface area contributed by atoms with E-state index in [0.717, 1.165) is 0 Å². The Balaban J connectivity index is 2.93. The van der Waals surface area contributed by atoms with Gasteiger partial charge in [-0.15, -0.1) is 0 Å². The van der Waals surface area contributed by atoms with E-state index >= 15 is 0 Å². The molecular formula is C9H12N2O2. The number of nitrogens with zero attached hydrogens (tertiary/aromatic N) is 1. The SMILES string of the molecule is CCOC1=C(C#N)C(C)CC(=O)N1. The van der Waals surface area contributed by atoms with Crippen LogP contribution in [0.4, 0.5) is 0 Å². The van der Waals surface area contributed by atoms with E-state index in [1.54, 1.807) is 0 Å². The van der Waals surface area contributed by atoms with Crippen LogP contribution in [0.3, 0.4) is 0 Å². The molecule has 0 aromatic rings. The second kappa shape index (κ2) is 3.94. The molecule has 1 aliphatic rings. The molecule has 1 rings (SSSR count). The number of hydrogen-bond donors (Lipinski definition) is 1. The number of carbonyl (C=O) groups excluding carboxylic acids is 1. The molecule has 70 valence electrons. The molecule has 0 fully saturated rings. The summed E-state index contributed by atoms with van der Waals surface area (Å²) in [6.07, 6.45) is 0.361. The normalized spacial score (nSPS) is 22.2. The molecule has 0 aromatic heterocycles. The van der Waals surface area contributed by atoms with Crippen molar-refractivity contribution in [2.24, 2.45) is 5.92 Å². The van der Waals surface area contributed by atoms with Crippen molar-refractivity contribution in [2.45, 2.75) is 20.3 Å². The number of nitriles is 1. The highest BCUT2D eigenvalue weighted by molar-refractivity contribution is 5.80. The van der Waals surface area contributed by atoms with E-state index in [1.165, 1.54) is 0 Å². The fraction of sp³-hybridized carbons (Fsp3) is 0.556. The first-order valence-electron chi connectivity index (χ1n) is 4.26. The first-order chi connectivity index (χ1) is 6.19. The number of nitrogens with one attached hydrogen (secondary N) is 1. The minimum atomic E-state index is -0.0880. The van der Waals surface area contributed by atoms with Crippen molar-refractivity contribution >= 4 is 5.91 Å². The van der Waals surface area contributed by atoms with Crippen LogP contribution in [-0.2, 0) is 9.53 Å². The Morgan fingerprint density at radius 1 is 1.77 bits per heavy atom. The molecular weight excluding hydrogens is 168 g/mol. The third-order valence-corrected chi connectivity index (χ3v) is 1.89. The number of hydrogen-bond acceptors (Lipinski definition) is 3. The van der Waals surface area contributed by atoms with E-state index in [2.05, 4.69) is 5.32 Å². The number of rotatable bonds is 2. The van der Waals surface area contributed by atoms with Gasteiger partial charge >= 0.3 is 0 Å². The summed E-state index contributed by atoms with van der Waals surface area (Å²) in [7, 11) is 0. The second-order valence-corrected chi connectivity index (χ2v) is 2.94. The van der Waals surface area contributed by atoms with Crippen LogP contribution in [0.2, 0.25) is 0 Å². The Hall–Kier alpha value is -1.50. The molecule has 0 saturated carbocycles. The van der Waals surface area contributed by atoms with Crippen LogP contribution in [0.5, 0.6) is 0 Å². The van der Waals surface area contributed by atoms with Gasteiger partial charge in [0.05, 0.1) is 12.2 Å². The Morgan fingerprint density at radius 3 is 3.00 bits per heavy atom. The van der Waals surface area contributed by atoms with Crippen LogP contribution in [0.25, 0.3) is 0 Å². The van der Waals surface area contributed by atoms with Crippen LogP contribution in [0.15, 0.2) is 11.5 Å². The van der Waals surface area contributed by atoms with E-state index in [-0.39, 0.29) is 11.8 Å². The lowest BCUT2D eigenvalue weighted by Crippen LogP contribution is -2.33. The minimum Gasteiger partial charge on any atom is -0.478 e. The number of carbonyl (C=O) groups is 1. The molecule has 1 heterocycles. The number of allylic oxidation sites excluding steroid dienone is 1. The zero-order valence-corrected chi connectivity index (χ0v) is 7.76. The molecule has 1 N–H and O–H groups in total. The summed E-state index contributed by atoms with van der Waals surface area (Å²) in [5.74, 6) is 0.198. The van der Waals surface area contributed by atoms with Gasteiger partial charge in [0, 0.05) is 12.3 Å². The predicted octanol–water partition coefficient (Wildman–Crippen LogP) is 0.914. The first-order valence-corrected chi connectivity index (χ1v) is 4.26. The highest BCUT2D eigenvalue weighted by Crippen LogP contribution is 2.21. The van der Waals surface area contributed by atoms with Gasteiger partial charge in [-0.1, -0.05) is 6.92 Å². The van der Waals surface area contributed by atoms with Crippen LogP contribution >= 0.6 is 0 Å². The van der Waals surface area contributed by atoms with Crippen molar-refractivity contribution in [1.29, 1.82) is 5.26 Å². The van der Waals surface area contributed by atoms with Gasteiger partial charge < -0.3 is 4.74 Å². The van der Waals surface area contributed by atoms with Crippen molar-refractivity contribution < 1.29 is 9.53 Å². The molecule has 0 aliphatic carbocycles. The van der Waals surface area contributed by atoms with Crippen molar-refractivity contribution in [3.05, 3.63) is 11.5 Å². The average molecular weight is 180 g/mol. The van der Waals surface area contributed by atoms with E-state index in [0.29, 0.717) is 24.5 Å². The maximum absolute atomic E-state index is 11.1. The van der Waals surface area contributed by atoms with Crippen LogP contribution in [-0.4, -0.2) is 12.5 Å². The lowest BCUT2D eigenvalue weighted by atomic mass is 9.96. The zero-order valence-electron chi connectivity index (χ0n) is 7.76. The fourth-order valence-corrected chi connectivity index (χ4v) is 1.27. The monoisotopic (exact) mass is 180 g/mol. The third-order valence-electron chi connectivity index (χ3n) is 1.89. The molecule has 0 radical (unpaired) electrons. The zero-order chi connectivity index (χ0) is 9.84. The quantitative estimate of drug-likeness (QED) is 0.687. The Labute approximate surface area is 77.2 Å². The molecule has 1 atom stereocenters. The highest BCUT2D eigenvalue weighted by Gasteiger charge is 2.25. The van der Waals surface area contributed by atoms with Crippen molar-refractivity contribution in [1.82, 2.24) is 5.32 Å². The van der Waals surface area contributed by atoms with Crippen LogP contribution in [0, 0.1) is 17.2 Å². The summed E-state index contributed by atoms with van der Waals surface area (Å²) in [4.78, 5) is 11.1. The predicted molar refractivity (Wildman–Crippen MR) is 46.2 cm³/mol. The molecule has 0 spiro atoms. The summed E-state index contributed by atoms with van der Waals surface area (Å²) < 4.78 is 5.15. The van der Waals surface area contributed by atoms with Gasteiger partial charge in [0.25, 0.3) is 0 Å². The Kier molecular flexibility index (Phi) is 2.91. The maximum atomic E-state index is 11.1. The lowest BCUT2D eigenvalue weighted by Gasteiger charge is -2.21. The molecule has 0 aromatic carbocycles. The second-order valence-electron chi connectivity index (χ2n) is 2.94. The van der Waals surface area contributed by atoms with Crippen molar-refractivity contribution in [3.8, 4) is 6.07 Å². The van der Waals surface area contributed by atoms with Gasteiger partial charge in [-0.2, -0.15) is 5.26 Å². The number of amides is 1. The molecule has 1 aliphatic heterocycles. The minimum absolute atomic E-state index is 0.0414. The standard InChI is InChI=1S/C9H12N2O2/c1-3-13-9-7(5-10)6(2)4-8(12)11-9/h6H,3-4H2,1-2H3,(H,11,12). The van der Waals surface area contributed by atoms with Gasteiger partial charge in [0.1, 0.15) is 6.07 Å². The van der Waals surface area contributed by atoms with Crippen molar-refractivity contribution in [2.75, 3.05) is 6.61 Å². The van der Waals surface area contributed by atoms with E-state index in [9.17, 15) is 4.79 Å². The van der Waals surface area contributed by atoms with Crippen molar-refractivity contribution in [3.63, 3.8) is 0 Å².